The molecule has 0 fully saturated rings. The molecule has 188 valence electrons. The van der Waals surface area contributed by atoms with Crippen molar-refractivity contribution in [2.45, 2.75) is 47.1 Å². The van der Waals surface area contributed by atoms with Crippen molar-refractivity contribution < 1.29 is 19.0 Å². The summed E-state index contributed by atoms with van der Waals surface area (Å²) in [6.07, 6.45) is 6.57. The van der Waals surface area contributed by atoms with Crippen LogP contribution in [0.5, 0.6) is 11.5 Å². The lowest BCUT2D eigenvalue weighted by molar-refractivity contribution is 0.200. The number of benzene rings is 1. The van der Waals surface area contributed by atoms with Crippen LogP contribution in [0.1, 0.15) is 44.3 Å². The van der Waals surface area contributed by atoms with Gasteiger partial charge in [-0.15, -0.1) is 0 Å². The van der Waals surface area contributed by atoms with Crippen molar-refractivity contribution >= 4 is 27.9 Å². The number of nitrogens with zero attached hydrogens (tertiary/aromatic N) is 2. The van der Waals surface area contributed by atoms with Crippen LogP contribution in [0, 0.1) is 25.1 Å². The van der Waals surface area contributed by atoms with Gasteiger partial charge < -0.3 is 20.3 Å². The predicted molar refractivity (Wildman–Crippen MR) is 138 cm³/mol. The van der Waals surface area contributed by atoms with E-state index in [2.05, 4.69) is 15.2 Å². The highest BCUT2D eigenvalue weighted by atomic mass is 35.5. The number of allylic oxidation sites excluding steroid dienone is 5. The summed E-state index contributed by atoms with van der Waals surface area (Å²) in [4.78, 5) is 4.63. The number of ether oxygens (including phenoxy) is 2. The van der Waals surface area contributed by atoms with Crippen molar-refractivity contribution in [3.8, 4) is 11.5 Å². The van der Waals surface area contributed by atoms with Gasteiger partial charge in [0.2, 0.25) is 0 Å². The average Bonchev–Trinajstić information content (AvgIpc) is 2.90. The highest BCUT2D eigenvalue weighted by molar-refractivity contribution is 6.30. The van der Waals surface area contributed by atoms with Gasteiger partial charge >= 0.3 is 0 Å². The second-order valence-corrected chi connectivity index (χ2v) is 10.1. The summed E-state index contributed by atoms with van der Waals surface area (Å²) >= 11 is 6.32. The molecular weight excluding hydrogens is 471 g/mol. The molecule has 0 spiro atoms. The lowest BCUT2D eigenvalue weighted by atomic mass is 9.88. The second-order valence-electron chi connectivity index (χ2n) is 9.57. The minimum absolute atomic E-state index is 0.0898. The summed E-state index contributed by atoms with van der Waals surface area (Å²) in [6, 6.07) is 0.998. The first-order valence-electron chi connectivity index (χ1n) is 11.2. The van der Waals surface area contributed by atoms with Crippen molar-refractivity contribution in [1.29, 1.82) is 0 Å². The molecule has 9 heteroatoms. The van der Waals surface area contributed by atoms with Crippen LogP contribution in [-0.4, -0.2) is 40.0 Å². The van der Waals surface area contributed by atoms with Crippen molar-refractivity contribution in [2.24, 2.45) is 11.1 Å². The largest absolute Gasteiger partial charge is 0.512 e. The molecule has 3 rings (SSSR count). The Bertz CT molecular complexity index is 1270. The summed E-state index contributed by atoms with van der Waals surface area (Å²) in [7, 11) is 1.50. The molecular formula is C26H32ClFN4O3. The number of fused-ring (bicyclic) bond motifs is 1. The van der Waals surface area contributed by atoms with Crippen LogP contribution < -0.4 is 15.2 Å². The second kappa shape index (κ2) is 10.7. The number of halogens is 2. The molecule has 0 radical (unpaired) electrons. The molecule has 1 aromatic heterocycles. The van der Waals surface area contributed by atoms with Gasteiger partial charge in [-0.2, -0.15) is 5.10 Å². The first-order valence-corrected chi connectivity index (χ1v) is 11.6. The number of aliphatic hydroxyl groups is 1. The van der Waals surface area contributed by atoms with Gasteiger partial charge in [0, 0.05) is 39.9 Å². The third kappa shape index (κ3) is 6.13. The molecule has 0 saturated carbocycles. The monoisotopic (exact) mass is 502 g/mol. The fraction of sp³-hybridized carbons (Fsp3) is 0.385. The zero-order valence-corrected chi connectivity index (χ0v) is 21.6. The maximum absolute atomic E-state index is 16.0. The van der Waals surface area contributed by atoms with Gasteiger partial charge in [0.25, 0.3) is 0 Å². The van der Waals surface area contributed by atoms with Gasteiger partial charge in [0.05, 0.1) is 24.8 Å². The Hall–Kier alpha value is -3.10. The maximum atomic E-state index is 16.0. The summed E-state index contributed by atoms with van der Waals surface area (Å²) in [5, 5.41) is 18.1. The quantitative estimate of drug-likeness (QED) is 0.466. The summed E-state index contributed by atoms with van der Waals surface area (Å²) < 4.78 is 27.7. The molecule has 1 atom stereocenters. The summed E-state index contributed by atoms with van der Waals surface area (Å²) in [5.74, 6) is 0.525. The van der Waals surface area contributed by atoms with E-state index >= 15 is 4.39 Å². The molecule has 1 aliphatic carbocycles. The van der Waals surface area contributed by atoms with Crippen molar-refractivity contribution in [3.63, 3.8) is 0 Å². The Kier molecular flexibility index (Phi) is 8.07. The highest BCUT2D eigenvalue weighted by Gasteiger charge is 2.24. The number of aryl methyl sites for hydroxylation is 2. The van der Waals surface area contributed by atoms with Gasteiger partial charge in [-0.05, 0) is 43.1 Å². The molecule has 2 aromatic rings. The molecule has 0 bridgehead atoms. The standard InChI is InChI=1S/C26H32ClFN4O3/c1-14-12-30-32-15(2)31-24(16-7-8-18(33)10-17(27)9-16)23-19(28)11-20(25(34-6)22(14)23)35-13-21(29)26(3,4)5/h7-9,11-12,21,33H,10,13,29H2,1-6H3,(H,31,32)/t21-/m0/s1. The van der Waals surface area contributed by atoms with Crippen LogP contribution in [-0.2, 0) is 0 Å². The Morgan fingerprint density at radius 1 is 1.26 bits per heavy atom. The van der Waals surface area contributed by atoms with E-state index in [4.69, 9.17) is 26.8 Å². The molecule has 1 aromatic carbocycles. The van der Waals surface area contributed by atoms with E-state index in [9.17, 15) is 5.11 Å². The average molecular weight is 503 g/mol. The number of aromatic amines is 1. The first-order chi connectivity index (χ1) is 16.4. The van der Waals surface area contributed by atoms with Crippen LogP contribution in [0.2, 0.25) is 0 Å². The van der Waals surface area contributed by atoms with E-state index in [1.165, 1.54) is 19.3 Å². The van der Waals surface area contributed by atoms with Gasteiger partial charge in [-0.1, -0.05) is 32.4 Å². The minimum Gasteiger partial charge on any atom is -0.512 e. The summed E-state index contributed by atoms with van der Waals surface area (Å²) in [6.45, 7) is 9.72. The smallest absolute Gasteiger partial charge is 0.169 e. The Morgan fingerprint density at radius 2 is 1.97 bits per heavy atom. The molecule has 4 N–H and O–H groups in total. The van der Waals surface area contributed by atoms with E-state index in [0.717, 1.165) is 0 Å². The molecule has 35 heavy (non-hydrogen) atoms. The lowest BCUT2D eigenvalue weighted by Gasteiger charge is -2.27. The van der Waals surface area contributed by atoms with Gasteiger partial charge in [0.1, 0.15) is 18.2 Å². The van der Waals surface area contributed by atoms with Crippen LogP contribution in [0.25, 0.3) is 16.3 Å². The van der Waals surface area contributed by atoms with Crippen molar-refractivity contribution in [3.05, 3.63) is 64.2 Å². The number of H-pyrrole nitrogens is 1. The van der Waals surface area contributed by atoms with Gasteiger partial charge in [0.15, 0.2) is 11.5 Å². The number of methoxy groups -OCH3 is 1. The molecule has 0 aliphatic heterocycles. The molecule has 0 amide bonds. The number of hydrogen-bond donors (Lipinski definition) is 3. The number of nitrogens with one attached hydrogen (secondary N) is 1. The van der Waals surface area contributed by atoms with Crippen molar-refractivity contribution in [1.82, 2.24) is 15.2 Å². The minimum atomic E-state index is -0.566. The predicted octanol–water partition coefficient (Wildman–Crippen LogP) is 5.95. The normalized spacial score (nSPS) is 14.9. The van der Waals surface area contributed by atoms with E-state index in [1.807, 2.05) is 20.8 Å². The third-order valence-corrected chi connectivity index (χ3v) is 5.96. The van der Waals surface area contributed by atoms with Crippen LogP contribution in [0.3, 0.4) is 0 Å². The number of rotatable bonds is 5. The number of aliphatic hydroxyl groups excluding tert-OH is 1. The third-order valence-electron chi connectivity index (χ3n) is 5.72. The Balaban J connectivity index is 2.40. The van der Waals surface area contributed by atoms with Crippen LogP contribution in [0.15, 0.2) is 41.3 Å². The molecule has 7 nitrogen and oxygen atoms in total. The SMILES string of the molecule is COc1c(OC[C@H](N)C(C)(C)C)cc(F)c2c(C3=CC=C(O)CC(Cl)=C3)nc(C)[nH]ncc(C)c12. The van der Waals surface area contributed by atoms with E-state index in [0.29, 0.717) is 38.8 Å². The van der Waals surface area contributed by atoms with E-state index < -0.39 is 5.82 Å². The highest BCUT2D eigenvalue weighted by Crippen LogP contribution is 2.41. The fourth-order valence-corrected chi connectivity index (χ4v) is 3.79. The number of hydrogen-bond acceptors (Lipinski definition) is 6. The molecule has 0 unspecified atom stereocenters. The van der Waals surface area contributed by atoms with Crippen molar-refractivity contribution in [2.75, 3.05) is 13.7 Å². The summed E-state index contributed by atoms with van der Waals surface area (Å²) in [5.41, 5.74) is 7.51. The topological polar surface area (TPSA) is 106 Å². The first kappa shape index (κ1) is 26.5. The maximum Gasteiger partial charge on any atom is 0.169 e. The Labute approximate surface area is 209 Å². The van der Waals surface area contributed by atoms with Gasteiger partial charge in [-0.3, -0.25) is 5.10 Å². The van der Waals surface area contributed by atoms with E-state index in [1.54, 1.807) is 32.2 Å². The van der Waals surface area contributed by atoms with Crippen LogP contribution in [0.4, 0.5) is 4.39 Å². The Morgan fingerprint density at radius 3 is 2.63 bits per heavy atom. The number of aromatic nitrogens is 3. The zero-order valence-electron chi connectivity index (χ0n) is 20.9. The zero-order chi connectivity index (χ0) is 25.9. The lowest BCUT2D eigenvalue weighted by Crippen LogP contribution is -2.40. The van der Waals surface area contributed by atoms with Crippen LogP contribution >= 0.6 is 11.6 Å². The molecule has 1 heterocycles. The fourth-order valence-electron chi connectivity index (χ4n) is 3.53. The molecule has 0 saturated heterocycles. The number of nitrogens with two attached hydrogens (primary N) is 1. The van der Waals surface area contributed by atoms with Gasteiger partial charge in [-0.25, -0.2) is 9.37 Å². The molecule has 1 aliphatic rings. The van der Waals surface area contributed by atoms with E-state index in [-0.39, 0.29) is 41.4 Å².